The molecule has 0 saturated carbocycles. The Balaban J connectivity index is 1.39. The second kappa shape index (κ2) is 10.2. The van der Waals surface area contributed by atoms with Crippen molar-refractivity contribution in [1.29, 1.82) is 0 Å². The average Bonchev–Trinajstić information content (AvgIpc) is 2.72. The second-order valence-electron chi connectivity index (χ2n) is 7.48. The van der Waals surface area contributed by atoms with Gasteiger partial charge in [-0.3, -0.25) is 9.69 Å². The predicted molar refractivity (Wildman–Crippen MR) is 111 cm³/mol. The number of anilines is 1. The molecule has 0 unspecified atom stereocenters. The van der Waals surface area contributed by atoms with Crippen molar-refractivity contribution < 1.29 is 18.4 Å². The van der Waals surface area contributed by atoms with Gasteiger partial charge in [-0.1, -0.05) is 24.3 Å². The molecule has 1 aliphatic heterocycles. The van der Waals surface area contributed by atoms with Gasteiger partial charge in [0.15, 0.2) is 11.6 Å². The van der Waals surface area contributed by atoms with Crippen molar-refractivity contribution in [2.24, 2.45) is 0 Å². The van der Waals surface area contributed by atoms with Gasteiger partial charge in [0.2, 0.25) is 5.91 Å². The molecule has 0 bridgehead atoms. The van der Waals surface area contributed by atoms with E-state index in [2.05, 4.69) is 20.9 Å². The lowest BCUT2D eigenvalue weighted by molar-refractivity contribution is -0.117. The summed E-state index contributed by atoms with van der Waals surface area (Å²) in [4.78, 5) is 26.5. The smallest absolute Gasteiger partial charge is 0.315 e. The van der Waals surface area contributed by atoms with Crippen LogP contribution in [0.15, 0.2) is 48.5 Å². The Morgan fingerprint density at radius 2 is 1.77 bits per heavy atom. The summed E-state index contributed by atoms with van der Waals surface area (Å²) in [6.07, 6.45) is 1.46. The van der Waals surface area contributed by atoms with Crippen LogP contribution in [0.4, 0.5) is 19.3 Å². The van der Waals surface area contributed by atoms with E-state index in [1.54, 1.807) is 6.92 Å². The fraction of sp³-hybridized carbons (Fsp3) is 0.364. The highest BCUT2D eigenvalue weighted by Crippen LogP contribution is 2.16. The molecule has 160 valence electrons. The van der Waals surface area contributed by atoms with Gasteiger partial charge in [-0.15, -0.1) is 0 Å². The number of amides is 3. The van der Waals surface area contributed by atoms with Gasteiger partial charge in [-0.05, 0) is 49.6 Å². The maximum absolute atomic E-state index is 13.4. The van der Waals surface area contributed by atoms with E-state index in [9.17, 15) is 18.4 Å². The molecule has 3 N–H and O–H groups in total. The number of urea groups is 1. The van der Waals surface area contributed by atoms with Crippen LogP contribution in [-0.4, -0.2) is 42.5 Å². The number of nitrogens with zero attached hydrogens (tertiary/aromatic N) is 1. The Hall–Kier alpha value is -3.00. The number of rotatable bonds is 6. The predicted octanol–water partition coefficient (Wildman–Crippen LogP) is 3.43. The van der Waals surface area contributed by atoms with E-state index in [0.717, 1.165) is 30.7 Å². The van der Waals surface area contributed by atoms with Crippen LogP contribution in [-0.2, 0) is 4.79 Å². The Morgan fingerprint density at radius 3 is 2.43 bits per heavy atom. The summed E-state index contributed by atoms with van der Waals surface area (Å²) in [5, 5.41) is 8.52. The number of nitrogens with one attached hydrogen (secondary N) is 3. The van der Waals surface area contributed by atoms with Gasteiger partial charge in [0.25, 0.3) is 0 Å². The normalized spacial score (nSPS) is 16.0. The topological polar surface area (TPSA) is 73.5 Å². The summed E-state index contributed by atoms with van der Waals surface area (Å²) in [6, 6.07) is 12.1. The molecule has 8 heteroatoms. The van der Waals surface area contributed by atoms with Crippen LogP contribution in [0.25, 0.3) is 0 Å². The van der Waals surface area contributed by atoms with Gasteiger partial charge in [-0.25, -0.2) is 13.6 Å². The van der Waals surface area contributed by atoms with Crippen LogP contribution in [0.3, 0.4) is 0 Å². The zero-order valence-electron chi connectivity index (χ0n) is 16.8. The fourth-order valence-corrected chi connectivity index (χ4v) is 3.45. The molecule has 0 aromatic heterocycles. The molecule has 3 rings (SSSR count). The molecule has 30 heavy (non-hydrogen) atoms. The van der Waals surface area contributed by atoms with E-state index in [-0.39, 0.29) is 18.0 Å². The molecule has 0 spiro atoms. The number of hydrogen-bond acceptors (Lipinski definition) is 3. The van der Waals surface area contributed by atoms with E-state index < -0.39 is 17.7 Å². The van der Waals surface area contributed by atoms with E-state index in [1.165, 1.54) is 6.07 Å². The van der Waals surface area contributed by atoms with Crippen molar-refractivity contribution in [3.05, 3.63) is 65.7 Å². The first-order valence-corrected chi connectivity index (χ1v) is 10.00. The van der Waals surface area contributed by atoms with Crippen molar-refractivity contribution in [2.45, 2.75) is 31.8 Å². The first kappa shape index (κ1) is 21.7. The van der Waals surface area contributed by atoms with Crippen molar-refractivity contribution >= 4 is 17.6 Å². The summed E-state index contributed by atoms with van der Waals surface area (Å²) in [5.41, 5.74) is 1.26. The zero-order chi connectivity index (χ0) is 21.5. The molecule has 3 amide bonds. The number of benzene rings is 2. The highest BCUT2D eigenvalue weighted by atomic mass is 19.2. The third-order valence-electron chi connectivity index (χ3n) is 5.14. The third-order valence-corrected chi connectivity index (χ3v) is 5.14. The van der Waals surface area contributed by atoms with E-state index in [4.69, 9.17) is 0 Å². The second-order valence-corrected chi connectivity index (χ2v) is 7.48. The molecule has 1 heterocycles. The van der Waals surface area contributed by atoms with Gasteiger partial charge in [0.05, 0.1) is 12.6 Å². The highest BCUT2D eigenvalue weighted by Gasteiger charge is 2.23. The average molecular weight is 416 g/mol. The lowest BCUT2D eigenvalue weighted by Gasteiger charge is -2.32. The van der Waals surface area contributed by atoms with E-state index in [0.29, 0.717) is 25.2 Å². The molecular formula is C22H26F2N4O2. The molecule has 2 aromatic rings. The molecular weight excluding hydrogens is 390 g/mol. The number of hydrogen-bond donors (Lipinski definition) is 3. The molecule has 6 nitrogen and oxygen atoms in total. The molecule has 0 radical (unpaired) electrons. The minimum absolute atomic E-state index is 0.00408. The minimum atomic E-state index is -0.940. The lowest BCUT2D eigenvalue weighted by atomic mass is 10.1. The van der Waals surface area contributed by atoms with Crippen molar-refractivity contribution in [1.82, 2.24) is 15.5 Å². The Kier molecular flexibility index (Phi) is 7.35. The highest BCUT2D eigenvalue weighted by molar-refractivity contribution is 5.92. The maximum Gasteiger partial charge on any atom is 0.315 e. The van der Waals surface area contributed by atoms with Crippen molar-refractivity contribution in [2.75, 3.05) is 25.0 Å². The number of para-hydroxylation sites is 1. The molecule has 1 saturated heterocycles. The monoisotopic (exact) mass is 416 g/mol. The summed E-state index contributed by atoms with van der Waals surface area (Å²) in [7, 11) is 0. The number of halogens is 2. The lowest BCUT2D eigenvalue weighted by Crippen LogP contribution is -2.49. The van der Waals surface area contributed by atoms with Crippen LogP contribution in [0.2, 0.25) is 0 Å². The third kappa shape index (κ3) is 6.25. The number of piperidine rings is 1. The summed E-state index contributed by atoms with van der Waals surface area (Å²) < 4.78 is 26.4. The maximum atomic E-state index is 13.4. The molecule has 1 fully saturated rings. The van der Waals surface area contributed by atoms with E-state index in [1.807, 2.05) is 30.3 Å². The van der Waals surface area contributed by atoms with Gasteiger partial charge < -0.3 is 16.0 Å². The van der Waals surface area contributed by atoms with Crippen molar-refractivity contribution in [3.63, 3.8) is 0 Å². The molecule has 0 aliphatic carbocycles. The van der Waals surface area contributed by atoms with Gasteiger partial charge in [0.1, 0.15) is 0 Å². The standard InChI is InChI=1S/C22H26F2N4O2/c1-15(16-7-8-19(23)20(24)13-16)25-22(30)27-18-9-11-28(12-10-18)14-21(29)26-17-5-3-2-4-6-17/h2-8,13,15,18H,9-12,14H2,1H3,(H,26,29)(H2,25,27,30)/t15-/m1/s1. The van der Waals surface area contributed by atoms with Crippen LogP contribution >= 0.6 is 0 Å². The Bertz CT molecular complexity index is 871. The zero-order valence-corrected chi connectivity index (χ0v) is 16.8. The number of carbonyl (C=O) groups is 2. The summed E-state index contributed by atoms with van der Waals surface area (Å²) in [5.74, 6) is -1.92. The number of carbonyl (C=O) groups excluding carboxylic acids is 2. The SMILES string of the molecule is C[C@@H](NC(=O)NC1CCN(CC(=O)Nc2ccccc2)CC1)c1ccc(F)c(F)c1. The molecule has 2 aromatic carbocycles. The van der Waals surface area contributed by atoms with Gasteiger partial charge >= 0.3 is 6.03 Å². The Morgan fingerprint density at radius 1 is 1.07 bits per heavy atom. The van der Waals surface area contributed by atoms with Crippen LogP contribution in [0.5, 0.6) is 0 Å². The largest absolute Gasteiger partial charge is 0.335 e. The molecule has 1 atom stereocenters. The fourth-order valence-electron chi connectivity index (χ4n) is 3.45. The minimum Gasteiger partial charge on any atom is -0.335 e. The van der Waals surface area contributed by atoms with Crippen LogP contribution in [0.1, 0.15) is 31.4 Å². The van der Waals surface area contributed by atoms with Gasteiger partial charge in [-0.2, -0.15) is 0 Å². The summed E-state index contributed by atoms with van der Waals surface area (Å²) in [6.45, 7) is 3.42. The molecule has 1 aliphatic rings. The van der Waals surface area contributed by atoms with Crippen LogP contribution < -0.4 is 16.0 Å². The first-order chi connectivity index (χ1) is 14.4. The van der Waals surface area contributed by atoms with Crippen molar-refractivity contribution in [3.8, 4) is 0 Å². The first-order valence-electron chi connectivity index (χ1n) is 10.00. The van der Waals surface area contributed by atoms with Gasteiger partial charge in [0, 0.05) is 24.8 Å². The van der Waals surface area contributed by atoms with E-state index >= 15 is 0 Å². The Labute approximate surface area is 174 Å². The van der Waals surface area contributed by atoms with Crippen LogP contribution in [0, 0.1) is 11.6 Å². The summed E-state index contributed by atoms with van der Waals surface area (Å²) >= 11 is 0. The quantitative estimate of drug-likeness (QED) is 0.676. The number of likely N-dealkylation sites (tertiary alicyclic amines) is 1.